The van der Waals surface area contributed by atoms with E-state index in [9.17, 15) is 14.7 Å². The van der Waals surface area contributed by atoms with Gasteiger partial charge in [0, 0.05) is 37.9 Å². The van der Waals surface area contributed by atoms with Gasteiger partial charge >= 0.3 is 6.03 Å². The molecule has 2 fully saturated rings. The average molecular weight is 305 g/mol. The first-order valence-corrected chi connectivity index (χ1v) is 7.85. The number of pyridine rings is 1. The van der Waals surface area contributed by atoms with Gasteiger partial charge in [-0.15, -0.1) is 0 Å². The predicted octanol–water partition coefficient (Wildman–Crippen LogP) is 1.22. The summed E-state index contributed by atoms with van der Waals surface area (Å²) in [6.45, 7) is 1.93. The molecule has 4 unspecified atom stereocenters. The molecule has 1 aromatic heterocycles. The molecule has 22 heavy (non-hydrogen) atoms. The van der Waals surface area contributed by atoms with Gasteiger partial charge in [-0.2, -0.15) is 0 Å². The summed E-state index contributed by atoms with van der Waals surface area (Å²) in [5, 5.41) is 15.4. The molecule has 2 aliphatic carbocycles. The van der Waals surface area contributed by atoms with Gasteiger partial charge in [-0.1, -0.05) is 0 Å². The fourth-order valence-corrected chi connectivity index (χ4v) is 4.06. The van der Waals surface area contributed by atoms with Crippen molar-refractivity contribution in [1.82, 2.24) is 9.88 Å². The second kappa shape index (κ2) is 5.76. The van der Waals surface area contributed by atoms with Gasteiger partial charge in [-0.3, -0.25) is 4.79 Å². The highest BCUT2D eigenvalue weighted by atomic mass is 16.3. The molecule has 3 rings (SSSR count). The van der Waals surface area contributed by atoms with Gasteiger partial charge in [0.15, 0.2) is 0 Å². The van der Waals surface area contributed by atoms with Crippen molar-refractivity contribution in [3.05, 3.63) is 28.2 Å². The summed E-state index contributed by atoms with van der Waals surface area (Å²) in [5.41, 5.74) is 1.27. The molecule has 0 saturated heterocycles. The molecular formula is C16H23N3O3. The number of aromatic nitrogens is 1. The van der Waals surface area contributed by atoms with Gasteiger partial charge < -0.3 is 20.3 Å². The summed E-state index contributed by atoms with van der Waals surface area (Å²) in [7, 11) is 1.66. The van der Waals surface area contributed by atoms with Crippen LogP contribution in [0.4, 0.5) is 10.5 Å². The fourth-order valence-electron chi connectivity index (χ4n) is 4.06. The van der Waals surface area contributed by atoms with Crippen LogP contribution in [0.1, 0.15) is 24.8 Å². The molecule has 6 nitrogen and oxygen atoms in total. The highest BCUT2D eigenvalue weighted by Gasteiger charge is 2.47. The second-order valence-corrected chi connectivity index (χ2v) is 6.62. The van der Waals surface area contributed by atoms with Crippen LogP contribution >= 0.6 is 0 Å². The summed E-state index contributed by atoms with van der Waals surface area (Å²) in [6.07, 6.45) is 5.02. The van der Waals surface area contributed by atoms with Crippen LogP contribution in [-0.2, 0) is 7.05 Å². The number of rotatable bonds is 3. The van der Waals surface area contributed by atoms with E-state index in [0.717, 1.165) is 24.8 Å². The molecule has 120 valence electrons. The Bertz CT molecular complexity index is 640. The number of hydrogen-bond donors (Lipinski definition) is 3. The van der Waals surface area contributed by atoms with Crippen LogP contribution in [0.3, 0.4) is 0 Å². The molecule has 0 aromatic carbocycles. The number of nitrogens with zero attached hydrogens (tertiary/aromatic N) is 1. The van der Waals surface area contributed by atoms with Gasteiger partial charge in [-0.25, -0.2) is 4.79 Å². The van der Waals surface area contributed by atoms with Crippen molar-refractivity contribution in [1.29, 1.82) is 0 Å². The number of fused-ring (bicyclic) bond motifs is 2. The van der Waals surface area contributed by atoms with E-state index in [1.165, 1.54) is 10.6 Å². The quantitative estimate of drug-likeness (QED) is 0.785. The molecule has 6 heteroatoms. The molecule has 0 radical (unpaired) electrons. The SMILES string of the molecule is Cc1cc(=O)n(C)cc1NC(=O)NC1C2CCC(C2)C1CO. The summed E-state index contributed by atoms with van der Waals surface area (Å²) in [4.78, 5) is 23.8. The van der Waals surface area contributed by atoms with E-state index < -0.39 is 0 Å². The van der Waals surface area contributed by atoms with Crippen molar-refractivity contribution in [2.45, 2.75) is 32.2 Å². The smallest absolute Gasteiger partial charge is 0.319 e. The van der Waals surface area contributed by atoms with Crippen molar-refractivity contribution >= 4 is 11.7 Å². The number of anilines is 1. The van der Waals surface area contributed by atoms with E-state index in [-0.39, 0.29) is 30.2 Å². The van der Waals surface area contributed by atoms with Crippen molar-refractivity contribution in [2.75, 3.05) is 11.9 Å². The van der Waals surface area contributed by atoms with Gasteiger partial charge in [0.1, 0.15) is 0 Å². The number of aliphatic hydroxyl groups excluding tert-OH is 1. The maximum absolute atomic E-state index is 12.3. The van der Waals surface area contributed by atoms with Crippen LogP contribution in [0.25, 0.3) is 0 Å². The Morgan fingerprint density at radius 3 is 2.86 bits per heavy atom. The molecule has 0 aliphatic heterocycles. The van der Waals surface area contributed by atoms with Crippen molar-refractivity contribution < 1.29 is 9.90 Å². The topological polar surface area (TPSA) is 83.4 Å². The second-order valence-electron chi connectivity index (χ2n) is 6.62. The molecule has 2 amide bonds. The molecule has 1 heterocycles. The first kappa shape index (κ1) is 15.1. The molecule has 3 N–H and O–H groups in total. The summed E-state index contributed by atoms with van der Waals surface area (Å²) >= 11 is 0. The highest BCUT2D eigenvalue weighted by molar-refractivity contribution is 5.90. The number of carbonyl (C=O) groups excluding carboxylic acids is 1. The molecular weight excluding hydrogens is 282 g/mol. The van der Waals surface area contributed by atoms with Crippen LogP contribution in [0.2, 0.25) is 0 Å². The highest BCUT2D eigenvalue weighted by Crippen LogP contribution is 2.48. The number of urea groups is 1. The maximum Gasteiger partial charge on any atom is 0.319 e. The number of hydrogen-bond acceptors (Lipinski definition) is 3. The van der Waals surface area contributed by atoms with Gasteiger partial charge in [-0.05, 0) is 43.6 Å². The summed E-state index contributed by atoms with van der Waals surface area (Å²) in [5.74, 6) is 1.19. The van der Waals surface area contributed by atoms with Crippen molar-refractivity contribution in [2.24, 2.45) is 24.8 Å². The number of aliphatic hydroxyl groups is 1. The van der Waals surface area contributed by atoms with Crippen LogP contribution < -0.4 is 16.2 Å². The fraction of sp³-hybridized carbons (Fsp3) is 0.625. The number of amides is 2. The van der Waals surface area contributed by atoms with Gasteiger partial charge in [0.25, 0.3) is 5.56 Å². The Labute approximate surface area is 129 Å². The van der Waals surface area contributed by atoms with Crippen LogP contribution in [-0.4, -0.2) is 28.4 Å². The Balaban J connectivity index is 1.68. The van der Waals surface area contributed by atoms with E-state index in [0.29, 0.717) is 17.5 Å². The van der Waals surface area contributed by atoms with Crippen molar-refractivity contribution in [3.8, 4) is 0 Å². The predicted molar refractivity (Wildman–Crippen MR) is 83.8 cm³/mol. The standard InChI is InChI=1S/C16H23N3O3/c1-9-5-14(21)19(2)7-13(9)17-16(22)18-15-11-4-3-10(6-11)12(15)8-20/h5,7,10-12,15,20H,3-4,6,8H2,1-2H3,(H2,17,18,22). The zero-order chi connectivity index (χ0) is 15.9. The number of nitrogens with one attached hydrogen (secondary N) is 2. The molecule has 2 bridgehead atoms. The zero-order valence-corrected chi connectivity index (χ0v) is 13.0. The third-order valence-corrected chi connectivity index (χ3v) is 5.28. The minimum absolute atomic E-state index is 0.0524. The lowest BCUT2D eigenvalue weighted by Crippen LogP contribution is -2.47. The molecule has 2 aliphatic rings. The largest absolute Gasteiger partial charge is 0.396 e. The maximum atomic E-state index is 12.3. The minimum Gasteiger partial charge on any atom is -0.396 e. The minimum atomic E-state index is -0.266. The third kappa shape index (κ3) is 2.63. The molecule has 4 atom stereocenters. The first-order chi connectivity index (χ1) is 10.5. The lowest BCUT2D eigenvalue weighted by atomic mass is 9.85. The Morgan fingerprint density at radius 2 is 2.14 bits per heavy atom. The zero-order valence-electron chi connectivity index (χ0n) is 13.0. The van der Waals surface area contributed by atoms with Gasteiger partial charge in [0.2, 0.25) is 0 Å². The molecule has 1 aromatic rings. The van der Waals surface area contributed by atoms with E-state index in [2.05, 4.69) is 10.6 Å². The number of carbonyl (C=O) groups is 1. The van der Waals surface area contributed by atoms with Crippen LogP contribution in [0.5, 0.6) is 0 Å². The monoisotopic (exact) mass is 305 g/mol. The normalized spacial score (nSPS) is 29.6. The Hall–Kier alpha value is -1.82. The van der Waals surface area contributed by atoms with E-state index in [1.807, 2.05) is 0 Å². The van der Waals surface area contributed by atoms with Crippen molar-refractivity contribution in [3.63, 3.8) is 0 Å². The Kier molecular flexibility index (Phi) is 3.95. The van der Waals surface area contributed by atoms with Crippen LogP contribution in [0.15, 0.2) is 17.1 Å². The lowest BCUT2D eigenvalue weighted by Gasteiger charge is -2.30. The number of aryl methyl sites for hydroxylation is 2. The summed E-state index contributed by atoms with van der Waals surface area (Å²) in [6, 6.07) is 1.29. The average Bonchev–Trinajstić information content (AvgIpc) is 3.05. The first-order valence-electron chi connectivity index (χ1n) is 7.85. The van der Waals surface area contributed by atoms with E-state index >= 15 is 0 Å². The van der Waals surface area contributed by atoms with Gasteiger partial charge in [0.05, 0.1) is 5.69 Å². The van der Waals surface area contributed by atoms with E-state index in [4.69, 9.17) is 0 Å². The third-order valence-electron chi connectivity index (χ3n) is 5.28. The van der Waals surface area contributed by atoms with E-state index in [1.54, 1.807) is 20.2 Å². The lowest BCUT2D eigenvalue weighted by molar-refractivity contribution is 0.146. The molecule has 2 saturated carbocycles. The Morgan fingerprint density at radius 1 is 1.41 bits per heavy atom. The van der Waals surface area contributed by atoms with Crippen LogP contribution in [0, 0.1) is 24.7 Å². The molecule has 0 spiro atoms. The summed E-state index contributed by atoms with van der Waals surface area (Å²) < 4.78 is 1.44.